The number of nitrogens with one attached hydrogen (secondary N) is 3. The number of hydrogen-bond acceptors (Lipinski definition) is 3. The summed E-state index contributed by atoms with van der Waals surface area (Å²) < 4.78 is 61.9. The van der Waals surface area contributed by atoms with Gasteiger partial charge in [-0.2, -0.15) is 26.3 Å². The Labute approximate surface area is 105 Å². The summed E-state index contributed by atoms with van der Waals surface area (Å²) in [6, 6.07) is 0. The van der Waals surface area contributed by atoms with Gasteiger partial charge < -0.3 is 5.32 Å². The lowest BCUT2D eigenvalue weighted by molar-refractivity contribution is -0.121. The Kier molecular flexibility index (Phi) is 5.38. The van der Waals surface area contributed by atoms with Crippen LogP contribution in [-0.4, -0.2) is 40.8 Å². The molecule has 0 saturated carbocycles. The summed E-state index contributed by atoms with van der Waals surface area (Å²) in [7, 11) is -4.08. The SMILES string of the molecule is CC1CNCCC1CNS(=O)(=O)NCC(F)(F)F. The molecular weight excluding hydrogens is 271 g/mol. The molecule has 0 amide bonds. The van der Waals surface area contributed by atoms with E-state index in [2.05, 4.69) is 10.0 Å². The lowest BCUT2D eigenvalue weighted by Crippen LogP contribution is -2.46. The van der Waals surface area contributed by atoms with Crippen molar-refractivity contribution in [1.29, 1.82) is 0 Å². The standard InChI is InChI=1S/C9H18F3N3O2S/c1-7-4-13-3-2-8(7)5-14-18(16,17)15-6-9(10,11)12/h7-8,13-15H,2-6H2,1H3. The van der Waals surface area contributed by atoms with E-state index in [0.717, 1.165) is 19.5 Å². The van der Waals surface area contributed by atoms with Crippen LogP contribution in [0, 0.1) is 11.8 Å². The first-order chi connectivity index (χ1) is 8.20. The quantitative estimate of drug-likeness (QED) is 0.678. The van der Waals surface area contributed by atoms with Crippen LogP contribution in [0.1, 0.15) is 13.3 Å². The lowest BCUT2D eigenvalue weighted by Gasteiger charge is -2.29. The summed E-state index contributed by atoms with van der Waals surface area (Å²) in [6.45, 7) is 2.18. The molecule has 3 N–H and O–H groups in total. The average Bonchev–Trinajstić information content (AvgIpc) is 2.25. The normalized spacial score (nSPS) is 26.2. The third-order valence-electron chi connectivity index (χ3n) is 2.96. The van der Waals surface area contributed by atoms with Crippen LogP contribution in [0.15, 0.2) is 0 Å². The van der Waals surface area contributed by atoms with Gasteiger partial charge in [-0.05, 0) is 31.3 Å². The number of piperidine rings is 1. The van der Waals surface area contributed by atoms with E-state index < -0.39 is 22.9 Å². The van der Waals surface area contributed by atoms with Gasteiger partial charge in [0.1, 0.15) is 6.54 Å². The largest absolute Gasteiger partial charge is 0.402 e. The second kappa shape index (κ2) is 6.18. The van der Waals surface area contributed by atoms with Crippen LogP contribution >= 0.6 is 0 Å². The molecule has 18 heavy (non-hydrogen) atoms. The zero-order valence-corrected chi connectivity index (χ0v) is 10.9. The third-order valence-corrected chi connectivity index (χ3v) is 4.03. The minimum atomic E-state index is -4.54. The maximum absolute atomic E-state index is 11.9. The topological polar surface area (TPSA) is 70.2 Å². The Morgan fingerprint density at radius 2 is 2.00 bits per heavy atom. The lowest BCUT2D eigenvalue weighted by atomic mass is 9.88. The van der Waals surface area contributed by atoms with E-state index in [1.165, 1.54) is 4.72 Å². The predicted molar refractivity (Wildman–Crippen MR) is 61.1 cm³/mol. The second-order valence-electron chi connectivity index (χ2n) is 4.52. The van der Waals surface area contributed by atoms with Gasteiger partial charge in [0.15, 0.2) is 0 Å². The van der Waals surface area contributed by atoms with Gasteiger partial charge >= 0.3 is 6.18 Å². The van der Waals surface area contributed by atoms with Crippen LogP contribution < -0.4 is 14.8 Å². The maximum Gasteiger partial charge on any atom is 0.402 e. The Balaban J connectivity index is 2.36. The van der Waals surface area contributed by atoms with E-state index in [0.29, 0.717) is 5.92 Å². The van der Waals surface area contributed by atoms with Gasteiger partial charge in [-0.25, -0.2) is 4.72 Å². The van der Waals surface area contributed by atoms with Crippen molar-refractivity contribution in [2.45, 2.75) is 19.5 Å². The fraction of sp³-hybridized carbons (Fsp3) is 1.00. The van der Waals surface area contributed by atoms with Crippen molar-refractivity contribution < 1.29 is 21.6 Å². The van der Waals surface area contributed by atoms with Crippen molar-refractivity contribution in [1.82, 2.24) is 14.8 Å². The summed E-state index contributed by atoms with van der Waals surface area (Å²) in [5.74, 6) is 0.442. The molecule has 0 aromatic carbocycles. The highest BCUT2D eigenvalue weighted by Crippen LogP contribution is 2.17. The molecule has 0 aromatic rings. The summed E-state index contributed by atoms with van der Waals surface area (Å²) in [4.78, 5) is 0. The molecule has 1 aliphatic heterocycles. The van der Waals surface area contributed by atoms with Crippen molar-refractivity contribution >= 4 is 10.2 Å². The molecular formula is C9H18F3N3O2S. The van der Waals surface area contributed by atoms with E-state index >= 15 is 0 Å². The highest BCUT2D eigenvalue weighted by atomic mass is 32.2. The fourth-order valence-corrected chi connectivity index (χ4v) is 2.71. The summed E-state index contributed by atoms with van der Waals surface area (Å²) in [5.41, 5.74) is 0. The first kappa shape index (κ1) is 15.7. The molecule has 5 nitrogen and oxygen atoms in total. The van der Waals surface area contributed by atoms with Crippen LogP contribution in [0.4, 0.5) is 13.2 Å². The molecule has 0 aliphatic carbocycles. The smallest absolute Gasteiger partial charge is 0.316 e. The van der Waals surface area contributed by atoms with E-state index in [-0.39, 0.29) is 12.5 Å². The van der Waals surface area contributed by atoms with Crippen molar-refractivity contribution in [3.8, 4) is 0 Å². The molecule has 0 radical (unpaired) electrons. The van der Waals surface area contributed by atoms with Crippen LogP contribution in [0.25, 0.3) is 0 Å². The van der Waals surface area contributed by atoms with Crippen molar-refractivity contribution in [3.63, 3.8) is 0 Å². The molecule has 2 atom stereocenters. The van der Waals surface area contributed by atoms with Crippen LogP contribution in [-0.2, 0) is 10.2 Å². The first-order valence-electron chi connectivity index (χ1n) is 5.71. The van der Waals surface area contributed by atoms with Crippen molar-refractivity contribution in [3.05, 3.63) is 0 Å². The summed E-state index contributed by atoms with van der Waals surface area (Å²) in [6.07, 6.45) is -3.74. The number of halogens is 3. The van der Waals surface area contributed by atoms with E-state index in [9.17, 15) is 21.6 Å². The first-order valence-corrected chi connectivity index (χ1v) is 7.19. The van der Waals surface area contributed by atoms with Gasteiger partial charge in [0.25, 0.3) is 10.2 Å². The summed E-state index contributed by atoms with van der Waals surface area (Å²) in [5, 5.41) is 3.17. The molecule has 1 rings (SSSR count). The van der Waals surface area contributed by atoms with E-state index in [4.69, 9.17) is 0 Å². The minimum Gasteiger partial charge on any atom is -0.316 e. The van der Waals surface area contributed by atoms with Crippen LogP contribution in [0.3, 0.4) is 0 Å². The Morgan fingerprint density at radius 1 is 1.33 bits per heavy atom. The molecule has 9 heteroatoms. The number of rotatable bonds is 5. The molecule has 2 unspecified atom stereocenters. The molecule has 0 spiro atoms. The molecule has 0 aromatic heterocycles. The monoisotopic (exact) mass is 289 g/mol. The highest BCUT2D eigenvalue weighted by molar-refractivity contribution is 7.87. The molecule has 1 heterocycles. The summed E-state index contributed by atoms with van der Waals surface area (Å²) >= 11 is 0. The zero-order valence-electron chi connectivity index (χ0n) is 10.0. The van der Waals surface area contributed by atoms with Gasteiger partial charge in [0.05, 0.1) is 0 Å². The Bertz CT molecular complexity index is 359. The van der Waals surface area contributed by atoms with E-state index in [1.54, 1.807) is 0 Å². The third kappa shape index (κ3) is 5.98. The van der Waals surface area contributed by atoms with E-state index in [1.807, 2.05) is 6.92 Å². The van der Waals surface area contributed by atoms with Gasteiger partial charge in [0, 0.05) is 6.54 Å². The minimum absolute atomic E-state index is 0.147. The van der Waals surface area contributed by atoms with Crippen molar-refractivity contribution in [2.24, 2.45) is 11.8 Å². The zero-order chi connectivity index (χ0) is 13.8. The molecule has 108 valence electrons. The molecule has 0 bridgehead atoms. The Morgan fingerprint density at radius 3 is 2.56 bits per heavy atom. The highest BCUT2D eigenvalue weighted by Gasteiger charge is 2.30. The molecule has 1 fully saturated rings. The average molecular weight is 289 g/mol. The molecule has 1 aliphatic rings. The van der Waals surface area contributed by atoms with Gasteiger partial charge in [-0.3, -0.25) is 0 Å². The molecule has 1 saturated heterocycles. The second-order valence-corrected chi connectivity index (χ2v) is 6.10. The van der Waals surface area contributed by atoms with Gasteiger partial charge in [0.2, 0.25) is 0 Å². The van der Waals surface area contributed by atoms with Crippen LogP contribution in [0.2, 0.25) is 0 Å². The van der Waals surface area contributed by atoms with Gasteiger partial charge in [-0.15, -0.1) is 0 Å². The fourth-order valence-electron chi connectivity index (χ4n) is 1.82. The van der Waals surface area contributed by atoms with Gasteiger partial charge in [-0.1, -0.05) is 6.92 Å². The maximum atomic E-state index is 11.9. The number of hydrogen-bond donors (Lipinski definition) is 3. The Hall–Kier alpha value is -0.380. The number of alkyl halides is 3. The predicted octanol–water partition coefficient (Wildman–Crippen LogP) is 0.218. The van der Waals surface area contributed by atoms with Crippen molar-refractivity contribution in [2.75, 3.05) is 26.2 Å². The van der Waals surface area contributed by atoms with Crippen LogP contribution in [0.5, 0.6) is 0 Å².